The Bertz CT molecular complexity index is 966. The monoisotopic (exact) mass is 339 g/mol. The minimum absolute atomic E-state index is 0.0794. The second-order valence-corrected chi connectivity index (χ2v) is 6.11. The summed E-state index contributed by atoms with van der Waals surface area (Å²) in [5, 5.41) is 3.93. The Hall–Kier alpha value is -3.02. The minimum Gasteiger partial charge on any atom is -0.497 e. The fourth-order valence-corrected chi connectivity index (χ4v) is 3.10. The number of aryl methyl sites for hydroxylation is 1. The van der Waals surface area contributed by atoms with Gasteiger partial charge in [0.2, 0.25) is 0 Å². The number of methoxy groups -OCH3 is 1. The van der Waals surface area contributed by atoms with Crippen LogP contribution in [-0.4, -0.2) is 28.8 Å². The standard InChI is InChI=1S/C19H21N3O3/c1-10-17(11(2)21-18(10)12(3)23)19(24)20-9-14-7-13-8-15(25-4)5-6-16(13)22-14/h5-8,21-22H,9H2,1-4H3,(H,20,24). The van der Waals surface area contributed by atoms with E-state index in [4.69, 9.17) is 4.74 Å². The molecule has 3 rings (SSSR count). The van der Waals surface area contributed by atoms with Gasteiger partial charge in [-0.25, -0.2) is 0 Å². The van der Waals surface area contributed by atoms with E-state index in [1.54, 1.807) is 21.0 Å². The molecule has 2 aromatic heterocycles. The van der Waals surface area contributed by atoms with Crippen LogP contribution in [0.3, 0.4) is 0 Å². The molecular formula is C19H21N3O3. The van der Waals surface area contributed by atoms with Gasteiger partial charge in [0.05, 0.1) is 24.9 Å². The lowest BCUT2D eigenvalue weighted by molar-refractivity contribution is 0.0949. The molecule has 6 nitrogen and oxygen atoms in total. The molecule has 0 unspecified atom stereocenters. The van der Waals surface area contributed by atoms with Gasteiger partial charge in [-0.15, -0.1) is 0 Å². The van der Waals surface area contributed by atoms with Crippen molar-refractivity contribution >= 4 is 22.6 Å². The van der Waals surface area contributed by atoms with Crippen molar-refractivity contribution in [2.45, 2.75) is 27.3 Å². The van der Waals surface area contributed by atoms with Crippen molar-refractivity contribution in [3.05, 3.63) is 52.5 Å². The van der Waals surface area contributed by atoms with Gasteiger partial charge in [0.1, 0.15) is 5.75 Å². The number of benzene rings is 1. The number of nitrogens with one attached hydrogen (secondary N) is 3. The van der Waals surface area contributed by atoms with Crippen molar-refractivity contribution in [2.24, 2.45) is 0 Å². The Morgan fingerprint density at radius 1 is 1.16 bits per heavy atom. The van der Waals surface area contributed by atoms with Crippen molar-refractivity contribution in [2.75, 3.05) is 7.11 Å². The maximum absolute atomic E-state index is 12.5. The first kappa shape index (κ1) is 16.8. The molecule has 3 aromatic rings. The third kappa shape index (κ3) is 3.15. The number of ether oxygens (including phenoxy) is 1. The summed E-state index contributed by atoms with van der Waals surface area (Å²) >= 11 is 0. The molecule has 3 N–H and O–H groups in total. The largest absolute Gasteiger partial charge is 0.497 e. The van der Waals surface area contributed by atoms with Crippen LogP contribution in [0, 0.1) is 13.8 Å². The first-order chi connectivity index (χ1) is 11.9. The van der Waals surface area contributed by atoms with Gasteiger partial charge in [0, 0.05) is 29.2 Å². The number of ketones is 1. The summed E-state index contributed by atoms with van der Waals surface area (Å²) in [5.41, 5.74) is 4.28. The van der Waals surface area contributed by atoms with Crippen molar-refractivity contribution in [1.29, 1.82) is 0 Å². The van der Waals surface area contributed by atoms with E-state index in [2.05, 4.69) is 15.3 Å². The number of carbonyl (C=O) groups excluding carboxylic acids is 2. The number of H-pyrrole nitrogens is 2. The Balaban J connectivity index is 1.77. The molecular weight excluding hydrogens is 318 g/mol. The number of aromatic amines is 2. The lowest BCUT2D eigenvalue weighted by atomic mass is 10.1. The summed E-state index contributed by atoms with van der Waals surface area (Å²) in [7, 11) is 1.63. The summed E-state index contributed by atoms with van der Waals surface area (Å²) in [5.74, 6) is 0.511. The fraction of sp³-hybridized carbons (Fsp3) is 0.263. The van der Waals surface area contributed by atoms with Crippen LogP contribution in [0.15, 0.2) is 24.3 Å². The Kier molecular flexibility index (Phi) is 4.35. The van der Waals surface area contributed by atoms with Crippen molar-refractivity contribution in [3.63, 3.8) is 0 Å². The van der Waals surface area contributed by atoms with E-state index in [1.165, 1.54) is 6.92 Å². The molecule has 2 heterocycles. The third-order valence-electron chi connectivity index (χ3n) is 4.34. The molecule has 130 valence electrons. The number of Topliss-reactive ketones (excluding diaryl/α,β-unsaturated/α-hetero) is 1. The number of hydrogen-bond acceptors (Lipinski definition) is 3. The minimum atomic E-state index is -0.199. The zero-order chi connectivity index (χ0) is 18.1. The summed E-state index contributed by atoms with van der Waals surface area (Å²) in [4.78, 5) is 30.4. The highest BCUT2D eigenvalue weighted by Gasteiger charge is 2.20. The zero-order valence-electron chi connectivity index (χ0n) is 14.7. The van der Waals surface area contributed by atoms with Gasteiger partial charge in [-0.1, -0.05) is 0 Å². The topological polar surface area (TPSA) is 87.0 Å². The van der Waals surface area contributed by atoms with Gasteiger partial charge >= 0.3 is 0 Å². The highest BCUT2D eigenvalue weighted by atomic mass is 16.5. The van der Waals surface area contributed by atoms with E-state index in [9.17, 15) is 9.59 Å². The van der Waals surface area contributed by atoms with E-state index in [-0.39, 0.29) is 11.7 Å². The van der Waals surface area contributed by atoms with Crippen LogP contribution in [0.2, 0.25) is 0 Å². The van der Waals surface area contributed by atoms with E-state index in [0.29, 0.717) is 29.1 Å². The fourth-order valence-electron chi connectivity index (χ4n) is 3.10. The molecule has 1 aromatic carbocycles. The highest BCUT2D eigenvalue weighted by Crippen LogP contribution is 2.22. The summed E-state index contributed by atoms with van der Waals surface area (Å²) < 4.78 is 5.22. The third-order valence-corrected chi connectivity index (χ3v) is 4.34. The SMILES string of the molecule is COc1ccc2[nH]c(CNC(=O)c3c(C)[nH]c(C(C)=O)c3C)cc2c1. The predicted octanol–water partition coefficient (Wildman–Crippen LogP) is 3.25. The van der Waals surface area contributed by atoms with Gasteiger partial charge < -0.3 is 20.0 Å². The van der Waals surface area contributed by atoms with E-state index in [0.717, 1.165) is 22.3 Å². The average Bonchev–Trinajstić information content (AvgIpc) is 3.12. The van der Waals surface area contributed by atoms with Crippen molar-refractivity contribution in [3.8, 4) is 5.75 Å². The molecule has 0 spiro atoms. The zero-order valence-corrected chi connectivity index (χ0v) is 14.7. The lowest BCUT2D eigenvalue weighted by Crippen LogP contribution is -2.24. The molecule has 0 saturated carbocycles. The number of aromatic nitrogens is 2. The van der Waals surface area contributed by atoms with Crippen LogP contribution >= 0.6 is 0 Å². The van der Waals surface area contributed by atoms with E-state index >= 15 is 0 Å². The first-order valence-electron chi connectivity index (χ1n) is 8.04. The Labute approximate surface area is 145 Å². The molecule has 25 heavy (non-hydrogen) atoms. The van der Waals surface area contributed by atoms with Crippen LogP contribution in [0.4, 0.5) is 0 Å². The van der Waals surface area contributed by atoms with Crippen molar-refractivity contribution in [1.82, 2.24) is 15.3 Å². The molecule has 0 saturated heterocycles. The molecule has 0 aliphatic heterocycles. The summed E-state index contributed by atoms with van der Waals surface area (Å²) in [6.45, 7) is 5.43. The normalized spacial score (nSPS) is 10.9. The summed E-state index contributed by atoms with van der Waals surface area (Å²) in [6.07, 6.45) is 0. The number of amides is 1. The molecule has 1 amide bonds. The van der Waals surface area contributed by atoms with Crippen LogP contribution in [-0.2, 0) is 6.54 Å². The molecule has 0 fully saturated rings. The second-order valence-electron chi connectivity index (χ2n) is 6.11. The number of fused-ring (bicyclic) bond motifs is 1. The molecule has 0 aliphatic carbocycles. The maximum Gasteiger partial charge on any atom is 0.253 e. The molecule has 0 radical (unpaired) electrons. The molecule has 0 aliphatic rings. The first-order valence-corrected chi connectivity index (χ1v) is 8.04. The van der Waals surface area contributed by atoms with E-state index < -0.39 is 0 Å². The summed E-state index contributed by atoms with van der Waals surface area (Å²) in [6, 6.07) is 7.75. The highest BCUT2D eigenvalue weighted by molar-refractivity contribution is 6.02. The second kappa shape index (κ2) is 6.47. The quantitative estimate of drug-likeness (QED) is 0.624. The van der Waals surface area contributed by atoms with Gasteiger partial charge in [-0.05, 0) is 43.7 Å². The molecule has 6 heteroatoms. The predicted molar refractivity (Wildman–Crippen MR) is 96.3 cm³/mol. The Morgan fingerprint density at radius 2 is 1.92 bits per heavy atom. The van der Waals surface area contributed by atoms with Crippen LogP contribution in [0.1, 0.15) is 44.7 Å². The van der Waals surface area contributed by atoms with E-state index in [1.807, 2.05) is 24.3 Å². The number of carbonyl (C=O) groups is 2. The van der Waals surface area contributed by atoms with Gasteiger partial charge in [0.15, 0.2) is 5.78 Å². The van der Waals surface area contributed by atoms with Crippen LogP contribution in [0.5, 0.6) is 5.75 Å². The lowest BCUT2D eigenvalue weighted by Gasteiger charge is -2.05. The van der Waals surface area contributed by atoms with Gasteiger partial charge in [0.25, 0.3) is 5.91 Å². The Morgan fingerprint density at radius 3 is 2.56 bits per heavy atom. The smallest absolute Gasteiger partial charge is 0.253 e. The molecule has 0 atom stereocenters. The number of rotatable bonds is 5. The number of hydrogen-bond donors (Lipinski definition) is 3. The van der Waals surface area contributed by atoms with Crippen LogP contribution in [0.25, 0.3) is 10.9 Å². The van der Waals surface area contributed by atoms with Gasteiger partial charge in [-0.2, -0.15) is 0 Å². The van der Waals surface area contributed by atoms with Gasteiger partial charge in [-0.3, -0.25) is 9.59 Å². The molecule has 0 bridgehead atoms. The van der Waals surface area contributed by atoms with Crippen LogP contribution < -0.4 is 10.1 Å². The maximum atomic E-state index is 12.5. The van der Waals surface area contributed by atoms with Crippen molar-refractivity contribution < 1.29 is 14.3 Å². The average molecular weight is 339 g/mol.